The maximum absolute atomic E-state index is 9.44. The molecule has 0 aliphatic rings. The van der Waals surface area contributed by atoms with Crippen molar-refractivity contribution in [1.82, 2.24) is 15.0 Å². The first-order valence-electron chi connectivity index (χ1n) is 6.90. The maximum Gasteiger partial charge on any atom is 0.162 e. The molecule has 0 unspecified atom stereocenters. The highest BCUT2D eigenvalue weighted by Crippen LogP contribution is 2.26. The molecule has 0 radical (unpaired) electrons. The molecule has 4 rings (SSSR count). The predicted molar refractivity (Wildman–Crippen MR) is 89.4 cm³/mol. The lowest BCUT2D eigenvalue weighted by molar-refractivity contribution is 0.582. The molecule has 0 amide bonds. The van der Waals surface area contributed by atoms with Crippen LogP contribution in [0.1, 0.15) is 11.5 Å². The molecule has 0 fully saturated rings. The van der Waals surface area contributed by atoms with Crippen LogP contribution in [0, 0.1) is 11.3 Å². The molecule has 23 heavy (non-hydrogen) atoms. The monoisotopic (exact) mass is 318 g/mol. The van der Waals surface area contributed by atoms with Gasteiger partial charge >= 0.3 is 0 Å². The highest BCUT2D eigenvalue weighted by molar-refractivity contribution is 7.13. The van der Waals surface area contributed by atoms with Crippen molar-refractivity contribution in [2.75, 3.05) is 0 Å². The SMILES string of the molecule is N#CC(=Cc1csc(-c2ccco2)n1)c1nc2ccccc2[nH]1. The van der Waals surface area contributed by atoms with Crippen LogP contribution in [0.3, 0.4) is 0 Å². The molecule has 4 aromatic rings. The zero-order chi connectivity index (χ0) is 15.6. The van der Waals surface area contributed by atoms with E-state index in [2.05, 4.69) is 21.0 Å². The van der Waals surface area contributed by atoms with E-state index in [-0.39, 0.29) is 0 Å². The largest absolute Gasteiger partial charge is 0.462 e. The van der Waals surface area contributed by atoms with Crippen LogP contribution in [0.25, 0.3) is 33.5 Å². The van der Waals surface area contributed by atoms with Crippen LogP contribution in [-0.4, -0.2) is 15.0 Å². The molecule has 3 heterocycles. The summed E-state index contributed by atoms with van der Waals surface area (Å²) in [6.07, 6.45) is 3.34. The van der Waals surface area contributed by atoms with Gasteiger partial charge in [-0.2, -0.15) is 5.26 Å². The Balaban J connectivity index is 1.72. The molecule has 6 heteroatoms. The molecule has 0 saturated carbocycles. The lowest BCUT2D eigenvalue weighted by Crippen LogP contribution is -1.85. The first kappa shape index (κ1) is 13.5. The van der Waals surface area contributed by atoms with Gasteiger partial charge in [0.15, 0.2) is 10.8 Å². The summed E-state index contributed by atoms with van der Waals surface area (Å²) >= 11 is 1.47. The van der Waals surface area contributed by atoms with Crippen LogP contribution < -0.4 is 0 Å². The lowest BCUT2D eigenvalue weighted by atomic mass is 10.2. The summed E-state index contributed by atoms with van der Waals surface area (Å²) < 4.78 is 5.33. The van der Waals surface area contributed by atoms with Crippen molar-refractivity contribution in [2.24, 2.45) is 0 Å². The molecule has 0 saturated heterocycles. The minimum atomic E-state index is 0.442. The number of benzene rings is 1. The number of rotatable bonds is 3. The number of para-hydroxylation sites is 2. The Morgan fingerprint density at radius 3 is 2.91 bits per heavy atom. The topological polar surface area (TPSA) is 78.5 Å². The Morgan fingerprint density at radius 1 is 1.22 bits per heavy atom. The van der Waals surface area contributed by atoms with E-state index in [1.54, 1.807) is 12.3 Å². The van der Waals surface area contributed by atoms with Crippen LogP contribution in [0.5, 0.6) is 0 Å². The van der Waals surface area contributed by atoms with Gasteiger partial charge in [-0.1, -0.05) is 12.1 Å². The zero-order valence-electron chi connectivity index (χ0n) is 11.9. The predicted octanol–water partition coefficient (Wildman–Crippen LogP) is 4.34. The molecule has 1 N–H and O–H groups in total. The molecule has 1 aromatic carbocycles. The molecule has 110 valence electrons. The summed E-state index contributed by atoms with van der Waals surface area (Å²) in [6.45, 7) is 0. The fourth-order valence-electron chi connectivity index (χ4n) is 2.25. The third kappa shape index (κ3) is 2.54. The second-order valence-electron chi connectivity index (χ2n) is 4.83. The number of furan rings is 1. The van der Waals surface area contributed by atoms with Crippen molar-refractivity contribution in [3.05, 3.63) is 59.6 Å². The van der Waals surface area contributed by atoms with E-state index >= 15 is 0 Å². The van der Waals surface area contributed by atoms with E-state index in [4.69, 9.17) is 4.42 Å². The van der Waals surface area contributed by atoms with Gasteiger partial charge in [-0.25, -0.2) is 9.97 Å². The number of H-pyrrole nitrogens is 1. The van der Waals surface area contributed by atoms with Gasteiger partial charge in [0.1, 0.15) is 11.9 Å². The smallest absolute Gasteiger partial charge is 0.162 e. The van der Waals surface area contributed by atoms with E-state index in [1.807, 2.05) is 41.8 Å². The molecular formula is C17H10N4OS. The van der Waals surface area contributed by atoms with Crippen LogP contribution in [0.15, 0.2) is 52.5 Å². The van der Waals surface area contributed by atoms with Crippen LogP contribution >= 0.6 is 11.3 Å². The molecular weight excluding hydrogens is 308 g/mol. The molecule has 0 bridgehead atoms. The number of fused-ring (bicyclic) bond motifs is 1. The number of aromatic amines is 1. The van der Waals surface area contributed by atoms with Crippen LogP contribution in [0.4, 0.5) is 0 Å². The third-order valence-electron chi connectivity index (χ3n) is 3.31. The summed E-state index contributed by atoms with van der Waals surface area (Å²) in [7, 11) is 0. The number of aromatic nitrogens is 3. The average Bonchev–Trinajstić information content (AvgIpc) is 3.30. The van der Waals surface area contributed by atoms with E-state index < -0.39 is 0 Å². The molecule has 0 aliphatic heterocycles. The molecule has 0 atom stereocenters. The van der Waals surface area contributed by atoms with Crippen molar-refractivity contribution in [1.29, 1.82) is 5.26 Å². The van der Waals surface area contributed by atoms with Gasteiger partial charge in [0.25, 0.3) is 0 Å². The summed E-state index contributed by atoms with van der Waals surface area (Å²) in [5.74, 6) is 1.26. The van der Waals surface area contributed by atoms with Gasteiger partial charge in [-0.3, -0.25) is 0 Å². The molecule has 3 aromatic heterocycles. The first-order chi connectivity index (χ1) is 11.3. The number of nitrogens with zero attached hydrogens (tertiary/aromatic N) is 3. The number of nitrogens with one attached hydrogen (secondary N) is 1. The van der Waals surface area contributed by atoms with Gasteiger partial charge in [0, 0.05) is 5.38 Å². The minimum Gasteiger partial charge on any atom is -0.462 e. The Morgan fingerprint density at radius 2 is 2.13 bits per heavy atom. The Bertz CT molecular complexity index is 1000. The number of imidazole rings is 1. The van der Waals surface area contributed by atoms with Crippen molar-refractivity contribution in [3.8, 4) is 16.8 Å². The summed E-state index contributed by atoms with van der Waals surface area (Å²) in [5.41, 5.74) is 2.88. The third-order valence-corrected chi connectivity index (χ3v) is 4.19. The van der Waals surface area contributed by atoms with E-state index in [9.17, 15) is 5.26 Å². The summed E-state index contributed by atoms with van der Waals surface area (Å²) in [5, 5.41) is 12.1. The van der Waals surface area contributed by atoms with E-state index in [1.165, 1.54) is 11.3 Å². The maximum atomic E-state index is 9.44. The van der Waals surface area contributed by atoms with Gasteiger partial charge < -0.3 is 9.40 Å². The number of allylic oxidation sites excluding steroid dienone is 1. The van der Waals surface area contributed by atoms with Gasteiger partial charge in [-0.15, -0.1) is 11.3 Å². The normalized spacial score (nSPS) is 11.7. The molecule has 5 nitrogen and oxygen atoms in total. The Labute approximate surface area is 135 Å². The number of thiazole rings is 1. The number of hydrogen-bond donors (Lipinski definition) is 1. The van der Waals surface area contributed by atoms with Crippen LogP contribution in [0.2, 0.25) is 0 Å². The lowest BCUT2D eigenvalue weighted by Gasteiger charge is -1.91. The van der Waals surface area contributed by atoms with E-state index in [0.717, 1.165) is 21.8 Å². The fourth-order valence-corrected chi connectivity index (χ4v) is 2.99. The Kier molecular flexibility index (Phi) is 3.26. The summed E-state index contributed by atoms with van der Waals surface area (Å²) in [6, 6.07) is 13.5. The minimum absolute atomic E-state index is 0.442. The standard InChI is InChI=1S/C17H10N4OS/c18-9-11(16-20-13-4-1-2-5-14(13)21-16)8-12-10-23-17(19-12)15-6-3-7-22-15/h1-8,10H,(H,20,21). The Hall–Kier alpha value is -3.17. The fraction of sp³-hybridized carbons (Fsp3) is 0. The van der Waals surface area contributed by atoms with Crippen molar-refractivity contribution in [2.45, 2.75) is 0 Å². The highest BCUT2D eigenvalue weighted by atomic mass is 32.1. The number of nitriles is 1. The van der Waals surface area contributed by atoms with Crippen molar-refractivity contribution >= 4 is 34.0 Å². The van der Waals surface area contributed by atoms with Gasteiger partial charge in [-0.05, 0) is 30.3 Å². The van der Waals surface area contributed by atoms with Crippen molar-refractivity contribution < 1.29 is 4.42 Å². The van der Waals surface area contributed by atoms with Crippen LogP contribution in [-0.2, 0) is 0 Å². The summed E-state index contributed by atoms with van der Waals surface area (Å²) in [4.78, 5) is 12.1. The molecule has 0 spiro atoms. The second-order valence-corrected chi connectivity index (χ2v) is 5.69. The van der Waals surface area contributed by atoms with Gasteiger partial charge in [0.2, 0.25) is 0 Å². The first-order valence-corrected chi connectivity index (χ1v) is 7.78. The van der Waals surface area contributed by atoms with Crippen molar-refractivity contribution in [3.63, 3.8) is 0 Å². The number of hydrogen-bond acceptors (Lipinski definition) is 5. The zero-order valence-corrected chi connectivity index (χ0v) is 12.7. The molecule has 0 aliphatic carbocycles. The quantitative estimate of drug-likeness (QED) is 0.570. The highest BCUT2D eigenvalue weighted by Gasteiger charge is 2.10. The second kappa shape index (κ2) is 5.55. The average molecular weight is 318 g/mol. The van der Waals surface area contributed by atoms with Gasteiger partial charge in [0.05, 0.1) is 28.6 Å². The van der Waals surface area contributed by atoms with E-state index in [0.29, 0.717) is 17.1 Å².